The number of hydrogen-bond donors (Lipinski definition) is 1. The van der Waals surface area contributed by atoms with Crippen molar-refractivity contribution in [2.75, 3.05) is 0 Å². The maximum Gasteiger partial charge on any atom is 0.306 e. The molecule has 2 rings (SSSR count). The summed E-state index contributed by atoms with van der Waals surface area (Å²) < 4.78 is 5.71. The van der Waals surface area contributed by atoms with Gasteiger partial charge in [0.25, 0.3) is 0 Å². The van der Waals surface area contributed by atoms with E-state index in [2.05, 4.69) is 4.98 Å². The summed E-state index contributed by atoms with van der Waals surface area (Å²) in [5.74, 6) is -0.480. The van der Waals surface area contributed by atoms with Gasteiger partial charge in [-0.3, -0.25) is 4.79 Å². The normalized spacial score (nSPS) is 22.5. The minimum Gasteiger partial charge on any atom is -0.489 e. The van der Waals surface area contributed by atoms with Crippen molar-refractivity contribution in [1.29, 1.82) is 5.26 Å². The molecule has 0 unspecified atom stereocenters. The summed E-state index contributed by atoms with van der Waals surface area (Å²) in [7, 11) is 0. The molecule has 1 aromatic rings. The number of carboxylic acid groups (broad SMARTS) is 1. The molecule has 1 aromatic heterocycles. The van der Waals surface area contributed by atoms with Crippen LogP contribution in [0.2, 0.25) is 5.02 Å². The van der Waals surface area contributed by atoms with Gasteiger partial charge in [0.05, 0.1) is 23.2 Å². The zero-order valence-electron chi connectivity index (χ0n) is 10.2. The Kier molecular flexibility index (Phi) is 4.23. The van der Waals surface area contributed by atoms with Gasteiger partial charge in [-0.05, 0) is 25.7 Å². The maximum atomic E-state index is 10.8. The average molecular weight is 281 g/mol. The van der Waals surface area contributed by atoms with Gasteiger partial charge in [0.2, 0.25) is 0 Å². The van der Waals surface area contributed by atoms with Crippen LogP contribution in [0.1, 0.15) is 31.4 Å². The van der Waals surface area contributed by atoms with Crippen LogP contribution < -0.4 is 4.74 Å². The Balaban J connectivity index is 1.94. The number of hydrogen-bond acceptors (Lipinski definition) is 4. The maximum absolute atomic E-state index is 10.8. The first kappa shape index (κ1) is 13.6. The highest BCUT2D eigenvalue weighted by Gasteiger charge is 2.27. The Morgan fingerprint density at radius 2 is 2.16 bits per heavy atom. The molecule has 0 atom stereocenters. The fourth-order valence-electron chi connectivity index (χ4n) is 2.19. The average Bonchev–Trinajstić information content (AvgIpc) is 2.39. The van der Waals surface area contributed by atoms with Crippen molar-refractivity contribution in [3.05, 3.63) is 23.0 Å². The highest BCUT2D eigenvalue weighted by Crippen LogP contribution is 2.28. The van der Waals surface area contributed by atoms with E-state index in [1.54, 1.807) is 6.07 Å². The van der Waals surface area contributed by atoms with Gasteiger partial charge in [-0.1, -0.05) is 11.6 Å². The van der Waals surface area contributed by atoms with E-state index < -0.39 is 5.97 Å². The lowest BCUT2D eigenvalue weighted by atomic mass is 9.87. The molecule has 6 heteroatoms. The Morgan fingerprint density at radius 3 is 2.68 bits per heavy atom. The second kappa shape index (κ2) is 5.89. The van der Waals surface area contributed by atoms with Gasteiger partial charge < -0.3 is 9.84 Å². The fourth-order valence-corrected chi connectivity index (χ4v) is 2.39. The van der Waals surface area contributed by atoms with Crippen LogP contribution in [0.3, 0.4) is 0 Å². The molecule has 19 heavy (non-hydrogen) atoms. The van der Waals surface area contributed by atoms with Crippen LogP contribution in [0.5, 0.6) is 5.75 Å². The largest absolute Gasteiger partial charge is 0.489 e. The van der Waals surface area contributed by atoms with Crippen molar-refractivity contribution in [2.24, 2.45) is 5.92 Å². The molecule has 0 amide bonds. The van der Waals surface area contributed by atoms with Crippen molar-refractivity contribution in [2.45, 2.75) is 31.8 Å². The van der Waals surface area contributed by atoms with Crippen LogP contribution in [-0.2, 0) is 4.79 Å². The molecule has 100 valence electrons. The lowest BCUT2D eigenvalue weighted by molar-refractivity contribution is -0.143. The Morgan fingerprint density at radius 1 is 1.47 bits per heavy atom. The second-order valence-electron chi connectivity index (χ2n) is 4.54. The zero-order chi connectivity index (χ0) is 13.8. The van der Waals surface area contributed by atoms with Gasteiger partial charge in [-0.2, -0.15) is 5.26 Å². The molecule has 0 aliphatic heterocycles. The van der Waals surface area contributed by atoms with E-state index in [1.165, 1.54) is 6.20 Å². The predicted molar refractivity (Wildman–Crippen MR) is 68.0 cm³/mol. The minimum absolute atomic E-state index is 0.0126. The summed E-state index contributed by atoms with van der Waals surface area (Å²) in [6.07, 6.45) is 4.10. The van der Waals surface area contributed by atoms with Gasteiger partial charge in [0.15, 0.2) is 5.69 Å². The lowest BCUT2D eigenvalue weighted by Gasteiger charge is -2.26. The third-order valence-electron chi connectivity index (χ3n) is 3.25. The number of nitriles is 1. The highest BCUT2D eigenvalue weighted by atomic mass is 35.5. The molecule has 1 saturated carbocycles. The second-order valence-corrected chi connectivity index (χ2v) is 4.95. The summed E-state index contributed by atoms with van der Waals surface area (Å²) in [5, 5.41) is 17.9. The molecule has 1 fully saturated rings. The number of halogens is 1. The molecule has 0 bridgehead atoms. The van der Waals surface area contributed by atoms with Gasteiger partial charge >= 0.3 is 5.97 Å². The van der Waals surface area contributed by atoms with E-state index in [9.17, 15) is 4.79 Å². The van der Waals surface area contributed by atoms with E-state index >= 15 is 0 Å². The molecule has 0 radical (unpaired) electrons. The summed E-state index contributed by atoms with van der Waals surface area (Å²) >= 11 is 5.87. The summed E-state index contributed by atoms with van der Waals surface area (Å²) in [5.41, 5.74) is 0.170. The predicted octanol–water partition coefficient (Wildman–Crippen LogP) is 2.63. The molecule has 0 spiro atoms. The standard InChI is InChI=1S/C13H13ClN2O3/c14-11-5-10(7-16-12(11)6-15)19-9-3-1-8(2-4-9)13(17)18/h5,7-9H,1-4H2,(H,17,18). The SMILES string of the molecule is N#Cc1ncc(OC2CCC(C(=O)O)CC2)cc1Cl. The number of nitrogens with zero attached hydrogens (tertiary/aromatic N) is 2. The molecule has 1 aliphatic rings. The molecule has 1 aliphatic carbocycles. The van der Waals surface area contributed by atoms with Crippen LogP contribution in [0.15, 0.2) is 12.3 Å². The Labute approximate surface area is 115 Å². The van der Waals surface area contributed by atoms with Crippen LogP contribution in [0.25, 0.3) is 0 Å². The van der Waals surface area contributed by atoms with Crippen LogP contribution in [0, 0.1) is 17.2 Å². The number of rotatable bonds is 3. The molecular formula is C13H13ClN2O3. The van der Waals surface area contributed by atoms with Crippen LogP contribution in [-0.4, -0.2) is 22.2 Å². The summed E-state index contributed by atoms with van der Waals surface area (Å²) in [6.45, 7) is 0. The Hall–Kier alpha value is -1.80. The van der Waals surface area contributed by atoms with E-state index in [0.717, 1.165) is 0 Å². The van der Waals surface area contributed by atoms with Gasteiger partial charge in [-0.15, -0.1) is 0 Å². The zero-order valence-corrected chi connectivity index (χ0v) is 10.9. The molecule has 1 heterocycles. The van der Waals surface area contributed by atoms with Crippen molar-refractivity contribution >= 4 is 17.6 Å². The van der Waals surface area contributed by atoms with Crippen molar-refractivity contribution in [3.8, 4) is 11.8 Å². The first-order chi connectivity index (χ1) is 9.10. The minimum atomic E-state index is -0.735. The molecular weight excluding hydrogens is 268 g/mol. The van der Waals surface area contributed by atoms with E-state index in [-0.39, 0.29) is 22.7 Å². The quantitative estimate of drug-likeness (QED) is 0.920. The van der Waals surface area contributed by atoms with Crippen LogP contribution >= 0.6 is 11.6 Å². The first-order valence-corrected chi connectivity index (χ1v) is 6.43. The van der Waals surface area contributed by atoms with Gasteiger partial charge in [0.1, 0.15) is 11.8 Å². The monoisotopic (exact) mass is 280 g/mol. The molecule has 5 nitrogen and oxygen atoms in total. The Bertz CT molecular complexity index is 519. The third kappa shape index (κ3) is 3.36. The fraction of sp³-hybridized carbons (Fsp3) is 0.462. The summed E-state index contributed by atoms with van der Waals surface area (Å²) in [4.78, 5) is 14.7. The third-order valence-corrected chi connectivity index (χ3v) is 3.54. The van der Waals surface area contributed by atoms with E-state index in [4.69, 9.17) is 26.7 Å². The van der Waals surface area contributed by atoms with E-state index in [0.29, 0.717) is 31.4 Å². The smallest absolute Gasteiger partial charge is 0.306 e. The van der Waals surface area contributed by atoms with E-state index in [1.807, 2.05) is 6.07 Å². The van der Waals surface area contributed by atoms with Crippen molar-refractivity contribution < 1.29 is 14.6 Å². The summed E-state index contributed by atoms with van der Waals surface area (Å²) in [6, 6.07) is 3.45. The van der Waals surface area contributed by atoms with Gasteiger partial charge in [-0.25, -0.2) is 4.98 Å². The molecule has 0 aromatic carbocycles. The number of aliphatic carboxylic acids is 1. The molecule has 1 N–H and O–H groups in total. The number of carbonyl (C=O) groups is 1. The van der Waals surface area contributed by atoms with Gasteiger partial charge in [0, 0.05) is 6.07 Å². The van der Waals surface area contributed by atoms with Crippen LogP contribution in [0.4, 0.5) is 0 Å². The number of ether oxygens (including phenoxy) is 1. The number of aromatic nitrogens is 1. The first-order valence-electron chi connectivity index (χ1n) is 6.05. The molecule has 0 saturated heterocycles. The number of pyridine rings is 1. The highest BCUT2D eigenvalue weighted by molar-refractivity contribution is 6.31. The number of carboxylic acids is 1. The topological polar surface area (TPSA) is 83.2 Å². The van der Waals surface area contributed by atoms with Crippen molar-refractivity contribution in [3.63, 3.8) is 0 Å². The lowest BCUT2D eigenvalue weighted by Crippen LogP contribution is -2.27. The van der Waals surface area contributed by atoms with Crippen molar-refractivity contribution in [1.82, 2.24) is 4.98 Å².